The molecule has 0 spiro atoms. The summed E-state index contributed by atoms with van der Waals surface area (Å²) in [5, 5.41) is 0. The van der Waals surface area contributed by atoms with Gasteiger partial charge in [0.2, 0.25) is 0 Å². The fourth-order valence-corrected chi connectivity index (χ4v) is 0.381. The number of carbonyl (C=O) groups is 2. The van der Waals surface area contributed by atoms with Gasteiger partial charge in [-0.15, -0.1) is 0 Å². The van der Waals surface area contributed by atoms with Crippen molar-refractivity contribution in [1.29, 1.82) is 0 Å². The van der Waals surface area contributed by atoms with Crippen LogP contribution in [0.3, 0.4) is 0 Å². The Labute approximate surface area is 66.0 Å². The number of Topliss-reactive ketones (excluding diaryl/α,β-unsaturated/α-hetero) is 1. The topological polar surface area (TPSA) is 43.4 Å². The number of alkyl halides is 2. The Morgan fingerprint density at radius 2 is 1.78 bits per heavy atom. The van der Waals surface area contributed by atoms with Gasteiger partial charge in [-0.05, 0) is 0 Å². The molecule has 0 aliphatic heterocycles. The summed E-state index contributed by atoms with van der Waals surface area (Å²) in [5.41, 5.74) is 0. The Morgan fingerprint density at radius 3 is 1.89 bits per heavy atom. The molecule has 0 heterocycles. The minimum absolute atomic E-state index is 1.08. The lowest BCUT2D eigenvalue weighted by Crippen LogP contribution is -2.19. The monoisotopic (exact) mass is 190 g/mol. The molecule has 0 aromatic rings. The molecule has 6 heteroatoms. The Hall–Kier alpha value is 0.01000. The minimum Gasteiger partial charge on any atom is -0.341 e. The Balaban J connectivity index is 3.89. The predicted molar refractivity (Wildman–Crippen MR) is 32.4 cm³/mol. The van der Waals surface area contributed by atoms with Crippen LogP contribution in [-0.4, -0.2) is 16.6 Å². The first kappa shape index (κ1) is 9.01. The van der Waals surface area contributed by atoms with Crippen molar-refractivity contribution in [2.24, 2.45) is 0 Å². The second kappa shape index (κ2) is 3.93. The van der Waals surface area contributed by atoms with E-state index in [1.165, 1.54) is 0 Å². The van der Waals surface area contributed by atoms with E-state index in [1.807, 2.05) is 0 Å². The van der Waals surface area contributed by atoms with E-state index in [9.17, 15) is 9.59 Å². The number of hydrogen-bond donors (Lipinski definition) is 0. The van der Waals surface area contributed by atoms with Crippen LogP contribution in [0.2, 0.25) is 0 Å². The van der Waals surface area contributed by atoms with Gasteiger partial charge >= 0.3 is 5.97 Å². The molecule has 0 aromatic heterocycles. The fourth-order valence-electron chi connectivity index (χ4n) is 0.127. The van der Waals surface area contributed by atoms with Crippen LogP contribution in [0.4, 0.5) is 0 Å². The maximum Gasteiger partial charge on any atom is 0.395 e. The van der Waals surface area contributed by atoms with Gasteiger partial charge in [-0.3, -0.25) is 4.79 Å². The zero-order valence-corrected chi connectivity index (χ0v) is 6.20. The fraction of sp³-hybridized carbons (Fsp3) is 0.333. The highest BCUT2D eigenvalue weighted by atomic mass is 35.5. The van der Waals surface area contributed by atoms with Gasteiger partial charge in [0.15, 0.2) is 4.84 Å². The van der Waals surface area contributed by atoms with Crippen LogP contribution in [0.1, 0.15) is 0 Å². The predicted octanol–water partition coefficient (Wildman–Crippen LogP) is 1.06. The van der Waals surface area contributed by atoms with Crippen LogP contribution in [-0.2, 0) is 13.9 Å². The molecule has 0 fully saturated rings. The normalized spacial score (nSPS) is 9.33. The number of carbonyl (C=O) groups excluding carboxylic acids is 2. The smallest absolute Gasteiger partial charge is 0.341 e. The number of halogens is 3. The van der Waals surface area contributed by atoms with Crippen molar-refractivity contribution >= 4 is 46.8 Å². The van der Waals surface area contributed by atoms with Crippen LogP contribution >= 0.6 is 35.1 Å². The molecule has 0 aliphatic carbocycles. The molecule has 0 aliphatic rings. The van der Waals surface area contributed by atoms with Crippen molar-refractivity contribution in [3.8, 4) is 0 Å². The van der Waals surface area contributed by atoms with Crippen LogP contribution < -0.4 is 0 Å². The summed E-state index contributed by atoms with van der Waals surface area (Å²) < 4.78 is 3.49. The summed E-state index contributed by atoms with van der Waals surface area (Å²) in [6.07, 6.45) is 0. The summed E-state index contributed by atoms with van der Waals surface area (Å²) in [6.45, 7) is 0. The molecular formula is C3HCl3O3. The Bertz CT molecular complexity index is 132. The van der Waals surface area contributed by atoms with Gasteiger partial charge in [0.1, 0.15) is 11.9 Å². The molecular weight excluding hydrogens is 190 g/mol. The Morgan fingerprint density at radius 1 is 1.33 bits per heavy atom. The highest BCUT2D eigenvalue weighted by Crippen LogP contribution is 2.04. The van der Waals surface area contributed by atoms with Crippen LogP contribution in [0.5, 0.6) is 0 Å². The van der Waals surface area contributed by atoms with Crippen molar-refractivity contribution in [3.63, 3.8) is 0 Å². The molecule has 0 saturated carbocycles. The van der Waals surface area contributed by atoms with Crippen molar-refractivity contribution in [2.45, 2.75) is 4.84 Å². The van der Waals surface area contributed by atoms with Gasteiger partial charge in [-0.2, -0.15) is 0 Å². The first-order valence-electron chi connectivity index (χ1n) is 1.74. The lowest BCUT2D eigenvalue weighted by molar-refractivity contribution is -0.145. The molecule has 0 N–H and O–H groups in total. The van der Waals surface area contributed by atoms with E-state index < -0.39 is 16.6 Å². The maximum atomic E-state index is 10.3. The summed E-state index contributed by atoms with van der Waals surface area (Å²) in [4.78, 5) is 18.9. The summed E-state index contributed by atoms with van der Waals surface area (Å²) in [5.74, 6) is -2.33. The SMILES string of the molecule is O=C(OCl)C(=O)C(Cl)Cl. The molecule has 0 rings (SSSR count). The summed E-state index contributed by atoms with van der Waals surface area (Å²) >= 11 is 14.4. The van der Waals surface area contributed by atoms with Gasteiger partial charge in [0, 0.05) is 0 Å². The Kier molecular flexibility index (Phi) is 3.93. The molecule has 0 saturated heterocycles. The quantitative estimate of drug-likeness (QED) is 0.484. The minimum atomic E-state index is -1.41. The van der Waals surface area contributed by atoms with E-state index in [0.29, 0.717) is 0 Å². The molecule has 0 radical (unpaired) electrons. The zero-order chi connectivity index (χ0) is 7.44. The molecule has 0 atom stereocenters. The first-order valence-corrected chi connectivity index (χ1v) is 2.92. The molecule has 52 valence electrons. The zero-order valence-electron chi connectivity index (χ0n) is 3.94. The largest absolute Gasteiger partial charge is 0.395 e. The molecule has 0 amide bonds. The van der Waals surface area contributed by atoms with Crippen molar-refractivity contribution < 1.29 is 13.9 Å². The van der Waals surface area contributed by atoms with Crippen LogP contribution in [0.15, 0.2) is 0 Å². The van der Waals surface area contributed by atoms with E-state index in [4.69, 9.17) is 23.2 Å². The van der Waals surface area contributed by atoms with Crippen molar-refractivity contribution in [1.82, 2.24) is 0 Å². The third kappa shape index (κ3) is 2.89. The van der Waals surface area contributed by atoms with E-state index in [1.54, 1.807) is 0 Å². The number of rotatable bonds is 2. The highest BCUT2D eigenvalue weighted by molar-refractivity contribution is 6.63. The van der Waals surface area contributed by atoms with Gasteiger partial charge in [-0.1, -0.05) is 23.2 Å². The lowest BCUT2D eigenvalue weighted by atomic mass is 10.5. The molecule has 3 nitrogen and oxygen atoms in total. The second-order valence-corrected chi connectivity index (χ2v) is 2.28. The van der Waals surface area contributed by atoms with E-state index in [2.05, 4.69) is 16.2 Å². The van der Waals surface area contributed by atoms with Crippen LogP contribution in [0, 0.1) is 0 Å². The first-order chi connectivity index (χ1) is 4.09. The van der Waals surface area contributed by atoms with Crippen LogP contribution in [0.25, 0.3) is 0 Å². The van der Waals surface area contributed by atoms with Gasteiger partial charge < -0.3 is 4.29 Å². The average Bonchev–Trinajstić information content (AvgIpc) is 1.84. The van der Waals surface area contributed by atoms with E-state index in [0.717, 1.165) is 0 Å². The molecule has 0 unspecified atom stereocenters. The number of ketones is 1. The molecule has 0 bridgehead atoms. The van der Waals surface area contributed by atoms with Gasteiger partial charge in [0.05, 0.1) is 0 Å². The second-order valence-electron chi connectivity index (χ2n) is 1.03. The third-order valence-electron chi connectivity index (χ3n) is 0.469. The van der Waals surface area contributed by atoms with Crippen molar-refractivity contribution in [3.05, 3.63) is 0 Å². The average molecular weight is 191 g/mol. The summed E-state index contributed by atoms with van der Waals surface area (Å²) in [6, 6.07) is 0. The summed E-state index contributed by atoms with van der Waals surface area (Å²) in [7, 11) is 0. The highest BCUT2D eigenvalue weighted by Gasteiger charge is 2.22. The van der Waals surface area contributed by atoms with E-state index >= 15 is 0 Å². The number of hydrogen-bond acceptors (Lipinski definition) is 3. The molecule has 9 heavy (non-hydrogen) atoms. The van der Waals surface area contributed by atoms with Crippen molar-refractivity contribution in [2.75, 3.05) is 0 Å². The van der Waals surface area contributed by atoms with Gasteiger partial charge in [-0.25, -0.2) is 4.79 Å². The maximum absolute atomic E-state index is 10.3. The van der Waals surface area contributed by atoms with Gasteiger partial charge in [0.25, 0.3) is 5.78 Å². The lowest BCUT2D eigenvalue weighted by Gasteiger charge is -1.92. The standard InChI is InChI=1S/C3HCl3O3/c4-2(5)1(7)3(8)9-6/h2H. The third-order valence-corrected chi connectivity index (χ3v) is 1.01. The van der Waals surface area contributed by atoms with E-state index in [-0.39, 0.29) is 0 Å². The molecule has 0 aromatic carbocycles.